The van der Waals surface area contributed by atoms with Crippen molar-refractivity contribution in [2.75, 3.05) is 6.54 Å². The highest BCUT2D eigenvalue weighted by atomic mass is 35.5. The fourth-order valence-corrected chi connectivity index (χ4v) is 6.11. The van der Waals surface area contributed by atoms with Gasteiger partial charge in [-0.15, -0.1) is 0 Å². The first-order chi connectivity index (χ1) is 21.2. The van der Waals surface area contributed by atoms with Gasteiger partial charge in [0, 0.05) is 11.6 Å². The van der Waals surface area contributed by atoms with E-state index in [-0.39, 0.29) is 5.92 Å². The third-order valence-electron chi connectivity index (χ3n) is 8.51. The summed E-state index contributed by atoms with van der Waals surface area (Å²) in [6.07, 6.45) is 11.5. The molecule has 0 heterocycles. The van der Waals surface area contributed by atoms with E-state index in [4.69, 9.17) is 16.7 Å². The Hall–Kier alpha value is -3.60. The van der Waals surface area contributed by atoms with Crippen LogP contribution in [0.1, 0.15) is 81.5 Å². The van der Waals surface area contributed by atoms with Crippen LogP contribution in [0.3, 0.4) is 0 Å². The number of hydrogen-bond donors (Lipinski definition) is 3. The minimum absolute atomic E-state index is 0.297. The van der Waals surface area contributed by atoms with Crippen molar-refractivity contribution in [1.82, 2.24) is 5.32 Å². The molecule has 5 rings (SSSR count). The van der Waals surface area contributed by atoms with Crippen LogP contribution in [-0.2, 0) is 17.8 Å². The molecular formula is C39H46ClNO3. The Morgan fingerprint density at radius 3 is 2.20 bits per heavy atom. The quantitative estimate of drug-likeness (QED) is 0.189. The minimum atomic E-state index is -0.732. The van der Waals surface area contributed by atoms with Crippen molar-refractivity contribution in [3.63, 3.8) is 0 Å². The van der Waals surface area contributed by atoms with Crippen LogP contribution in [0.4, 0.5) is 0 Å². The highest BCUT2D eigenvalue weighted by molar-refractivity contribution is 6.32. The summed E-state index contributed by atoms with van der Waals surface area (Å²) < 4.78 is 0. The predicted octanol–water partition coefficient (Wildman–Crippen LogP) is 9.87. The number of hydrogen-bond acceptors (Lipinski definition) is 3. The number of rotatable bonds is 11. The zero-order valence-electron chi connectivity index (χ0n) is 26.3. The summed E-state index contributed by atoms with van der Waals surface area (Å²) in [5, 5.41) is 22.9. The topological polar surface area (TPSA) is 69.6 Å². The number of allylic oxidation sites excluding steroid dienone is 6. The van der Waals surface area contributed by atoms with Gasteiger partial charge < -0.3 is 15.5 Å². The third-order valence-corrected chi connectivity index (χ3v) is 8.84. The van der Waals surface area contributed by atoms with Gasteiger partial charge in [-0.25, -0.2) is 0 Å². The smallest absolute Gasteiger partial charge is 0.306 e. The molecule has 0 bridgehead atoms. The van der Waals surface area contributed by atoms with E-state index in [9.17, 15) is 9.90 Å². The van der Waals surface area contributed by atoms with E-state index in [0.29, 0.717) is 18.1 Å². The molecule has 5 heteroatoms. The molecule has 1 saturated carbocycles. The van der Waals surface area contributed by atoms with Gasteiger partial charge in [0.05, 0.1) is 5.92 Å². The van der Waals surface area contributed by atoms with E-state index in [0.717, 1.165) is 37.4 Å². The molecule has 3 aromatic carbocycles. The lowest BCUT2D eigenvalue weighted by Gasteiger charge is -2.25. The molecular weight excluding hydrogens is 566 g/mol. The highest BCUT2D eigenvalue weighted by Crippen LogP contribution is 2.39. The summed E-state index contributed by atoms with van der Waals surface area (Å²) >= 11 is 6.25. The van der Waals surface area contributed by atoms with Gasteiger partial charge in [-0.05, 0) is 109 Å². The van der Waals surface area contributed by atoms with Crippen LogP contribution in [0.15, 0.2) is 96.1 Å². The van der Waals surface area contributed by atoms with Crippen LogP contribution in [0, 0.1) is 11.8 Å². The number of carbonyl (C=O) groups is 1. The van der Waals surface area contributed by atoms with Crippen molar-refractivity contribution < 1.29 is 15.0 Å². The van der Waals surface area contributed by atoms with Gasteiger partial charge in [-0.2, -0.15) is 0 Å². The van der Waals surface area contributed by atoms with Crippen LogP contribution >= 0.6 is 11.6 Å². The zero-order chi connectivity index (χ0) is 31.5. The van der Waals surface area contributed by atoms with Crippen LogP contribution in [0.5, 0.6) is 5.75 Å². The van der Waals surface area contributed by atoms with Gasteiger partial charge in [0.25, 0.3) is 0 Å². The molecule has 2 aliphatic carbocycles. The molecule has 0 aromatic heterocycles. The van der Waals surface area contributed by atoms with Gasteiger partial charge >= 0.3 is 5.97 Å². The van der Waals surface area contributed by atoms with Crippen molar-refractivity contribution in [2.45, 2.75) is 72.3 Å². The molecule has 3 aromatic rings. The van der Waals surface area contributed by atoms with Gasteiger partial charge in [-0.1, -0.05) is 110 Å². The molecule has 1 unspecified atom stereocenters. The Morgan fingerprint density at radius 1 is 0.886 bits per heavy atom. The van der Waals surface area contributed by atoms with Crippen LogP contribution in [0.2, 0.25) is 5.02 Å². The number of aromatic hydroxyl groups is 1. The van der Waals surface area contributed by atoms with Crippen molar-refractivity contribution in [1.29, 1.82) is 0 Å². The van der Waals surface area contributed by atoms with Crippen LogP contribution in [0.25, 0.3) is 11.1 Å². The second-order valence-electron chi connectivity index (χ2n) is 12.2. The van der Waals surface area contributed by atoms with Gasteiger partial charge in [0.15, 0.2) is 0 Å². The highest BCUT2D eigenvalue weighted by Gasteiger charge is 2.20. The van der Waals surface area contributed by atoms with Crippen molar-refractivity contribution in [3.05, 3.63) is 123 Å². The molecule has 0 amide bonds. The fraction of sp³-hybridized carbons (Fsp3) is 0.359. The number of benzene rings is 3. The number of halogens is 1. The molecule has 1 atom stereocenters. The number of phenols is 1. The molecule has 1 fully saturated rings. The summed E-state index contributed by atoms with van der Waals surface area (Å²) in [5.74, 6) is -0.197. The van der Waals surface area contributed by atoms with E-state index in [2.05, 4.69) is 67.7 Å². The largest absolute Gasteiger partial charge is 0.508 e. The average molecular weight is 612 g/mol. The van der Waals surface area contributed by atoms with E-state index < -0.39 is 5.97 Å². The summed E-state index contributed by atoms with van der Waals surface area (Å²) in [4.78, 5) is 11.1. The summed E-state index contributed by atoms with van der Waals surface area (Å²) in [6, 6.07) is 24.0. The molecule has 3 N–H and O–H groups in total. The second kappa shape index (κ2) is 16.5. The molecule has 0 spiro atoms. The summed E-state index contributed by atoms with van der Waals surface area (Å²) in [7, 11) is 0. The van der Waals surface area contributed by atoms with Crippen molar-refractivity contribution in [3.8, 4) is 5.75 Å². The monoisotopic (exact) mass is 611 g/mol. The van der Waals surface area contributed by atoms with Crippen molar-refractivity contribution in [2.24, 2.45) is 11.8 Å². The molecule has 0 aliphatic heterocycles. The molecule has 2 aliphatic rings. The number of aliphatic carboxylic acids is 1. The van der Waals surface area contributed by atoms with Crippen LogP contribution < -0.4 is 5.32 Å². The third kappa shape index (κ3) is 9.45. The van der Waals surface area contributed by atoms with E-state index in [1.165, 1.54) is 58.2 Å². The second-order valence-corrected chi connectivity index (χ2v) is 12.6. The number of nitrogens with one attached hydrogen (secondary N) is 1. The predicted molar refractivity (Wildman–Crippen MR) is 184 cm³/mol. The maximum Gasteiger partial charge on any atom is 0.306 e. The first kappa shape index (κ1) is 33.3. The van der Waals surface area contributed by atoms with E-state index in [1.54, 1.807) is 24.6 Å². The molecule has 232 valence electrons. The first-order valence-electron chi connectivity index (χ1n) is 15.9. The fourth-order valence-electron chi connectivity index (χ4n) is 5.87. The average Bonchev–Trinajstić information content (AvgIpc) is 2.99. The Bertz CT molecular complexity index is 1490. The molecule has 0 radical (unpaired) electrons. The number of carboxylic acids is 1. The molecule has 4 nitrogen and oxygen atoms in total. The van der Waals surface area contributed by atoms with Gasteiger partial charge in [0.2, 0.25) is 0 Å². The Balaban J connectivity index is 0.000000246. The van der Waals surface area contributed by atoms with Crippen molar-refractivity contribution >= 4 is 28.7 Å². The normalized spacial score (nSPS) is 15.0. The maximum absolute atomic E-state index is 11.1. The van der Waals surface area contributed by atoms with Crippen LogP contribution in [-0.4, -0.2) is 22.7 Å². The minimum Gasteiger partial charge on any atom is -0.508 e. The van der Waals surface area contributed by atoms with Gasteiger partial charge in [-0.3, -0.25) is 4.79 Å². The Kier molecular flexibility index (Phi) is 12.5. The Labute approximate surface area is 268 Å². The maximum atomic E-state index is 11.1. The number of phenolic OH excluding ortho intramolecular Hbond substituents is 1. The molecule has 44 heavy (non-hydrogen) atoms. The summed E-state index contributed by atoms with van der Waals surface area (Å²) in [5.41, 5.74) is 10.6. The lowest BCUT2D eigenvalue weighted by atomic mass is 9.81. The Morgan fingerprint density at radius 2 is 1.59 bits per heavy atom. The van der Waals surface area contributed by atoms with E-state index in [1.807, 2.05) is 24.3 Å². The summed E-state index contributed by atoms with van der Waals surface area (Å²) in [6.45, 7) is 7.95. The SMILES string of the molecule is CC(C)C(=C1CCC1)c1ccccc1Cl.CC(CC1=CC=C(c2ccccc2CNCCc2ccc(O)cc2)CC1)C(=O)O. The standard InChI is InChI=1S/C25H29NO3.C14H17Cl/c1-18(25(28)29)16-20-6-10-21(11-7-20)24-5-3-2-4-22(24)17-26-15-14-19-8-12-23(27)13-9-19;1-10(2)14(11-6-5-7-11)12-8-3-4-9-13(12)15/h2-6,8-10,12-13,18,26-27H,7,11,14-17H2,1H3,(H,28,29);3-4,8-10H,5-7H2,1-2H3. The molecule has 0 saturated heterocycles. The van der Waals surface area contributed by atoms with Gasteiger partial charge in [0.1, 0.15) is 5.75 Å². The zero-order valence-corrected chi connectivity index (χ0v) is 27.0. The first-order valence-corrected chi connectivity index (χ1v) is 16.3. The number of carboxylic acid groups (broad SMARTS) is 1. The lowest BCUT2D eigenvalue weighted by Crippen LogP contribution is -2.17. The lowest BCUT2D eigenvalue weighted by molar-refractivity contribution is -0.141. The van der Waals surface area contributed by atoms with E-state index >= 15 is 0 Å².